The van der Waals surface area contributed by atoms with Gasteiger partial charge < -0.3 is 10.7 Å². The maximum absolute atomic E-state index is 11.7. The number of nitrogens with zero attached hydrogens (tertiary/aromatic N) is 2. The number of nitrogens with two attached hydrogens (primary N) is 1. The molecule has 0 aliphatic heterocycles. The average molecular weight is 270 g/mol. The minimum absolute atomic E-state index is 0.145. The van der Waals surface area contributed by atoms with E-state index in [1.165, 1.54) is 7.05 Å². The van der Waals surface area contributed by atoms with E-state index in [0.29, 0.717) is 17.7 Å². The molecular formula is C14H14N4O2. The van der Waals surface area contributed by atoms with E-state index in [4.69, 9.17) is 11.0 Å². The smallest absolute Gasteiger partial charge is 0.265 e. The number of fused-ring (bicyclic) bond motifs is 1. The fourth-order valence-corrected chi connectivity index (χ4v) is 2.13. The number of rotatable bonds is 4. The van der Waals surface area contributed by atoms with Gasteiger partial charge in [-0.3, -0.25) is 14.5 Å². The van der Waals surface area contributed by atoms with E-state index < -0.39 is 5.91 Å². The van der Waals surface area contributed by atoms with Gasteiger partial charge in [-0.25, -0.2) is 0 Å². The molecule has 0 saturated heterocycles. The van der Waals surface area contributed by atoms with Gasteiger partial charge in [0, 0.05) is 24.4 Å². The lowest BCUT2D eigenvalue weighted by Gasteiger charge is -2.07. The first-order chi connectivity index (χ1) is 9.54. The Morgan fingerprint density at radius 1 is 1.40 bits per heavy atom. The summed E-state index contributed by atoms with van der Waals surface area (Å²) >= 11 is 0. The van der Waals surface area contributed by atoms with Crippen LogP contribution in [-0.4, -0.2) is 28.7 Å². The number of hydrogen-bond acceptors (Lipinski definition) is 3. The third kappa shape index (κ3) is 2.47. The number of primary amides is 1. The van der Waals surface area contributed by atoms with Gasteiger partial charge in [-0.15, -0.1) is 0 Å². The molecule has 2 rings (SSSR count). The number of carbonyl (C=O) groups is 2. The van der Waals surface area contributed by atoms with Gasteiger partial charge in [0.05, 0.1) is 0 Å². The topological polar surface area (TPSA) is 103 Å². The highest BCUT2D eigenvalue weighted by Gasteiger charge is 2.17. The molecule has 6 nitrogen and oxygen atoms in total. The summed E-state index contributed by atoms with van der Waals surface area (Å²) in [5.41, 5.74) is 7.19. The number of benzene rings is 1. The number of aromatic amines is 1. The first kappa shape index (κ1) is 13.6. The molecule has 0 bridgehead atoms. The number of H-pyrrole nitrogens is 1. The van der Waals surface area contributed by atoms with E-state index >= 15 is 0 Å². The summed E-state index contributed by atoms with van der Waals surface area (Å²) in [7, 11) is 1.41. The molecule has 1 heterocycles. The molecular weight excluding hydrogens is 256 g/mol. The Bertz CT molecular complexity index is 712. The summed E-state index contributed by atoms with van der Waals surface area (Å²) in [6.07, 6.45) is 2.25. The second kappa shape index (κ2) is 5.45. The van der Waals surface area contributed by atoms with Crippen molar-refractivity contribution < 1.29 is 9.59 Å². The van der Waals surface area contributed by atoms with E-state index in [1.54, 1.807) is 6.19 Å². The van der Waals surface area contributed by atoms with Crippen molar-refractivity contribution in [2.75, 3.05) is 7.05 Å². The number of hydrogen-bond donors (Lipinski definition) is 2. The van der Waals surface area contributed by atoms with E-state index in [9.17, 15) is 9.59 Å². The normalized spacial score (nSPS) is 10.2. The predicted molar refractivity (Wildman–Crippen MR) is 73.5 cm³/mol. The van der Waals surface area contributed by atoms with Crippen molar-refractivity contribution in [1.82, 2.24) is 9.88 Å². The molecule has 0 atom stereocenters. The Balaban J connectivity index is 2.33. The van der Waals surface area contributed by atoms with E-state index in [2.05, 4.69) is 4.98 Å². The van der Waals surface area contributed by atoms with Gasteiger partial charge in [0.1, 0.15) is 5.69 Å². The minimum Gasteiger partial charge on any atom is -0.364 e. The number of aromatic nitrogens is 1. The molecule has 1 aromatic carbocycles. The van der Waals surface area contributed by atoms with Crippen molar-refractivity contribution in [2.24, 2.45) is 5.73 Å². The number of nitriles is 1. The van der Waals surface area contributed by atoms with Crippen LogP contribution < -0.4 is 5.73 Å². The van der Waals surface area contributed by atoms with Crippen LogP contribution in [0.2, 0.25) is 0 Å². The van der Waals surface area contributed by atoms with Gasteiger partial charge in [0.2, 0.25) is 5.91 Å². The van der Waals surface area contributed by atoms with Crippen LogP contribution in [0.4, 0.5) is 0 Å². The maximum atomic E-state index is 11.7. The third-order valence-electron chi connectivity index (χ3n) is 3.17. The Morgan fingerprint density at radius 2 is 2.10 bits per heavy atom. The minimum atomic E-state index is -0.558. The second-order valence-electron chi connectivity index (χ2n) is 4.44. The monoisotopic (exact) mass is 270 g/mol. The molecule has 102 valence electrons. The van der Waals surface area contributed by atoms with Crippen molar-refractivity contribution in [3.8, 4) is 6.19 Å². The number of carbonyl (C=O) groups excluding carboxylic acids is 2. The summed E-state index contributed by atoms with van der Waals surface area (Å²) in [5, 5.41) is 9.52. The summed E-state index contributed by atoms with van der Waals surface area (Å²) in [6, 6.07) is 7.41. The third-order valence-corrected chi connectivity index (χ3v) is 3.17. The largest absolute Gasteiger partial charge is 0.364 e. The highest BCUT2D eigenvalue weighted by atomic mass is 16.2. The standard InChI is InChI=1S/C14H14N4O2/c1-18(8-15)12(19)7-6-10-9-4-2-3-5-11(9)17-13(10)14(16)20/h2-5,17H,6-7H2,1H3,(H2,16,20). The van der Waals surface area contributed by atoms with Crippen molar-refractivity contribution >= 4 is 22.7 Å². The quantitative estimate of drug-likeness (QED) is 0.643. The first-order valence-electron chi connectivity index (χ1n) is 6.10. The Labute approximate surface area is 115 Å². The van der Waals surface area contributed by atoms with Gasteiger partial charge in [-0.1, -0.05) is 18.2 Å². The lowest BCUT2D eigenvalue weighted by molar-refractivity contribution is -0.127. The number of aryl methyl sites for hydroxylation is 1. The molecule has 20 heavy (non-hydrogen) atoms. The van der Waals surface area contributed by atoms with E-state index in [-0.39, 0.29) is 12.3 Å². The van der Waals surface area contributed by atoms with Crippen LogP contribution >= 0.6 is 0 Å². The van der Waals surface area contributed by atoms with Crippen LogP contribution in [0.5, 0.6) is 0 Å². The van der Waals surface area contributed by atoms with Crippen LogP contribution in [0.3, 0.4) is 0 Å². The van der Waals surface area contributed by atoms with Gasteiger partial charge in [0.25, 0.3) is 5.91 Å². The maximum Gasteiger partial charge on any atom is 0.265 e. The van der Waals surface area contributed by atoms with Crippen LogP contribution in [0.25, 0.3) is 10.9 Å². The van der Waals surface area contributed by atoms with Crippen molar-refractivity contribution in [3.63, 3.8) is 0 Å². The predicted octanol–water partition coefficient (Wildman–Crippen LogP) is 1.14. The van der Waals surface area contributed by atoms with Crippen LogP contribution in [0, 0.1) is 11.5 Å². The van der Waals surface area contributed by atoms with Crippen LogP contribution in [0.1, 0.15) is 22.5 Å². The molecule has 0 fully saturated rings. The molecule has 0 aliphatic carbocycles. The molecule has 2 amide bonds. The number of nitrogens with one attached hydrogen (secondary N) is 1. The fraction of sp³-hybridized carbons (Fsp3) is 0.214. The number of para-hydroxylation sites is 1. The molecule has 2 aromatic rings. The Kier molecular flexibility index (Phi) is 3.71. The van der Waals surface area contributed by atoms with Crippen molar-refractivity contribution in [1.29, 1.82) is 5.26 Å². The highest BCUT2D eigenvalue weighted by Crippen LogP contribution is 2.23. The van der Waals surface area contributed by atoms with Crippen molar-refractivity contribution in [3.05, 3.63) is 35.5 Å². The lowest BCUT2D eigenvalue weighted by atomic mass is 10.0. The second-order valence-corrected chi connectivity index (χ2v) is 4.44. The fourth-order valence-electron chi connectivity index (χ4n) is 2.13. The zero-order chi connectivity index (χ0) is 14.7. The van der Waals surface area contributed by atoms with Gasteiger partial charge in [-0.2, -0.15) is 5.26 Å². The molecule has 0 spiro atoms. The van der Waals surface area contributed by atoms with Gasteiger partial charge >= 0.3 is 0 Å². The summed E-state index contributed by atoms with van der Waals surface area (Å²) in [5.74, 6) is -0.856. The lowest BCUT2D eigenvalue weighted by Crippen LogP contribution is -2.22. The summed E-state index contributed by atoms with van der Waals surface area (Å²) in [6.45, 7) is 0. The van der Waals surface area contributed by atoms with E-state index in [1.807, 2.05) is 24.3 Å². The van der Waals surface area contributed by atoms with E-state index in [0.717, 1.165) is 15.8 Å². The number of amides is 2. The zero-order valence-electron chi connectivity index (χ0n) is 11.0. The Morgan fingerprint density at radius 3 is 2.75 bits per heavy atom. The molecule has 0 aliphatic rings. The van der Waals surface area contributed by atoms with Crippen LogP contribution in [-0.2, 0) is 11.2 Å². The molecule has 6 heteroatoms. The summed E-state index contributed by atoms with van der Waals surface area (Å²) in [4.78, 5) is 27.1. The molecule has 0 radical (unpaired) electrons. The zero-order valence-corrected chi connectivity index (χ0v) is 11.0. The molecule has 0 saturated carbocycles. The summed E-state index contributed by atoms with van der Waals surface area (Å²) < 4.78 is 0. The van der Waals surface area contributed by atoms with Gasteiger partial charge in [0.15, 0.2) is 6.19 Å². The molecule has 1 aromatic heterocycles. The molecule has 0 unspecified atom stereocenters. The Hall–Kier alpha value is -2.81. The first-order valence-corrected chi connectivity index (χ1v) is 6.10. The highest BCUT2D eigenvalue weighted by molar-refractivity contribution is 6.00. The van der Waals surface area contributed by atoms with Crippen molar-refractivity contribution in [2.45, 2.75) is 12.8 Å². The SMILES string of the molecule is CN(C#N)C(=O)CCc1c(C(N)=O)[nH]c2ccccc12. The van der Waals surface area contributed by atoms with Crippen LogP contribution in [0.15, 0.2) is 24.3 Å². The van der Waals surface area contributed by atoms with Gasteiger partial charge in [-0.05, 0) is 18.1 Å². The molecule has 3 N–H and O–H groups in total. The average Bonchev–Trinajstić information content (AvgIpc) is 2.82.